The van der Waals surface area contributed by atoms with E-state index in [4.69, 9.17) is 0 Å². The highest BCUT2D eigenvalue weighted by molar-refractivity contribution is 5.84. The number of hydrogen-bond donors (Lipinski definition) is 1. The van der Waals surface area contributed by atoms with Gasteiger partial charge in [-0.05, 0) is 24.3 Å². The zero-order valence-electron chi connectivity index (χ0n) is 10.7. The van der Waals surface area contributed by atoms with Gasteiger partial charge in [0.2, 0.25) is 0 Å². The molecule has 0 bridgehead atoms. The van der Waals surface area contributed by atoms with Crippen molar-refractivity contribution in [3.05, 3.63) is 60.2 Å². The second-order valence-electron chi connectivity index (χ2n) is 4.52. The molecule has 0 aromatic carbocycles. The largest absolute Gasteiger partial charge is 0.372 e. The molecule has 0 unspecified atom stereocenters. The molecule has 0 saturated carbocycles. The van der Waals surface area contributed by atoms with E-state index in [-0.39, 0.29) is 5.92 Å². The average molecular weight is 252 g/mol. The van der Waals surface area contributed by atoms with Crippen LogP contribution in [0.3, 0.4) is 0 Å². The van der Waals surface area contributed by atoms with Gasteiger partial charge < -0.3 is 5.32 Å². The van der Waals surface area contributed by atoms with Crippen molar-refractivity contribution in [2.75, 3.05) is 13.1 Å². The molecule has 1 aliphatic rings. The molecule has 4 nitrogen and oxygen atoms in total. The van der Waals surface area contributed by atoms with E-state index in [0.29, 0.717) is 0 Å². The van der Waals surface area contributed by atoms with Gasteiger partial charge in [-0.15, -0.1) is 0 Å². The molecule has 19 heavy (non-hydrogen) atoms. The predicted molar refractivity (Wildman–Crippen MR) is 75.2 cm³/mol. The minimum absolute atomic E-state index is 0.159. The van der Waals surface area contributed by atoms with Crippen LogP contribution in [0.4, 0.5) is 0 Å². The number of nitrogens with one attached hydrogen (secondary N) is 1. The first-order valence-electron chi connectivity index (χ1n) is 6.52. The Morgan fingerprint density at radius 2 is 1.68 bits per heavy atom. The molecule has 0 atom stereocenters. The lowest BCUT2D eigenvalue weighted by molar-refractivity contribution is 0.772. The Balaban J connectivity index is 1.91. The van der Waals surface area contributed by atoms with Crippen molar-refractivity contribution < 1.29 is 0 Å². The molecule has 1 N–H and O–H groups in total. The van der Waals surface area contributed by atoms with Crippen LogP contribution in [0.5, 0.6) is 0 Å². The molecule has 0 aliphatic carbocycles. The fraction of sp³-hybridized carbons (Fsp3) is 0.267. The van der Waals surface area contributed by atoms with Crippen molar-refractivity contribution >= 4 is 5.84 Å². The van der Waals surface area contributed by atoms with E-state index in [1.807, 2.05) is 36.7 Å². The van der Waals surface area contributed by atoms with E-state index in [0.717, 1.165) is 36.7 Å². The Morgan fingerprint density at radius 1 is 1.00 bits per heavy atom. The van der Waals surface area contributed by atoms with Crippen molar-refractivity contribution in [1.82, 2.24) is 15.3 Å². The standard InChI is InChI=1S/C15H16N4/c1-3-7-16-13(5-1)12(11-15-18-9-10-19-15)14-6-2-4-8-17-14/h1-8,12H,9-11H2,(H,18,19). The van der Waals surface area contributed by atoms with E-state index >= 15 is 0 Å². The van der Waals surface area contributed by atoms with Gasteiger partial charge in [0, 0.05) is 36.7 Å². The molecule has 0 radical (unpaired) electrons. The third-order valence-corrected chi connectivity index (χ3v) is 3.23. The number of rotatable bonds is 4. The summed E-state index contributed by atoms with van der Waals surface area (Å²) in [6.07, 6.45) is 4.48. The van der Waals surface area contributed by atoms with E-state index in [9.17, 15) is 0 Å². The summed E-state index contributed by atoms with van der Waals surface area (Å²) in [4.78, 5) is 13.4. The summed E-state index contributed by atoms with van der Waals surface area (Å²) in [5, 5.41) is 3.32. The summed E-state index contributed by atoms with van der Waals surface area (Å²) in [5.74, 6) is 1.22. The summed E-state index contributed by atoms with van der Waals surface area (Å²) >= 11 is 0. The fourth-order valence-corrected chi connectivity index (χ4v) is 2.30. The van der Waals surface area contributed by atoms with E-state index < -0.39 is 0 Å². The molecule has 2 aromatic heterocycles. The van der Waals surface area contributed by atoms with Gasteiger partial charge in [0.25, 0.3) is 0 Å². The minimum atomic E-state index is 0.159. The molecule has 0 spiro atoms. The Hall–Kier alpha value is -2.23. The number of nitrogens with zero attached hydrogens (tertiary/aromatic N) is 3. The van der Waals surface area contributed by atoms with E-state index in [1.54, 1.807) is 0 Å². The second-order valence-corrected chi connectivity index (χ2v) is 4.52. The molecular weight excluding hydrogens is 236 g/mol. The smallest absolute Gasteiger partial charge is 0.0975 e. The zero-order valence-corrected chi connectivity index (χ0v) is 10.7. The molecule has 96 valence electrons. The monoisotopic (exact) mass is 252 g/mol. The van der Waals surface area contributed by atoms with Gasteiger partial charge >= 0.3 is 0 Å². The van der Waals surface area contributed by atoms with Gasteiger partial charge in [-0.25, -0.2) is 0 Å². The van der Waals surface area contributed by atoms with Gasteiger partial charge in [-0.2, -0.15) is 0 Å². The molecule has 2 aromatic rings. The first kappa shape index (κ1) is 11.8. The third-order valence-electron chi connectivity index (χ3n) is 3.23. The second kappa shape index (κ2) is 5.61. The lowest BCUT2D eigenvalue weighted by Gasteiger charge is -2.16. The first-order valence-corrected chi connectivity index (χ1v) is 6.52. The number of aromatic nitrogens is 2. The van der Waals surface area contributed by atoms with Crippen molar-refractivity contribution in [3.63, 3.8) is 0 Å². The zero-order chi connectivity index (χ0) is 12.9. The average Bonchev–Trinajstić information content (AvgIpc) is 3.00. The van der Waals surface area contributed by atoms with Gasteiger partial charge in [-0.3, -0.25) is 15.0 Å². The predicted octanol–water partition coefficient (Wildman–Crippen LogP) is 2.00. The topological polar surface area (TPSA) is 50.2 Å². The van der Waals surface area contributed by atoms with Crippen LogP contribution in [0, 0.1) is 0 Å². The summed E-state index contributed by atoms with van der Waals surface area (Å²) < 4.78 is 0. The third kappa shape index (κ3) is 2.78. The Bertz CT molecular complexity index is 511. The molecule has 3 rings (SSSR count). The maximum atomic E-state index is 4.48. The maximum absolute atomic E-state index is 4.48. The summed E-state index contributed by atoms with van der Waals surface area (Å²) in [5.41, 5.74) is 2.08. The van der Waals surface area contributed by atoms with Crippen LogP contribution in [0.15, 0.2) is 53.8 Å². The van der Waals surface area contributed by atoms with Crippen LogP contribution in [0.2, 0.25) is 0 Å². The lowest BCUT2D eigenvalue weighted by Crippen LogP contribution is -2.22. The van der Waals surface area contributed by atoms with E-state index in [2.05, 4.69) is 32.4 Å². The molecule has 0 fully saturated rings. The summed E-state index contributed by atoms with van der Waals surface area (Å²) in [6, 6.07) is 12.0. The van der Waals surface area contributed by atoms with Crippen LogP contribution in [-0.2, 0) is 0 Å². The van der Waals surface area contributed by atoms with Crippen LogP contribution >= 0.6 is 0 Å². The van der Waals surface area contributed by atoms with E-state index in [1.165, 1.54) is 0 Å². The number of aliphatic imine (C=N–C) groups is 1. The van der Waals surface area contributed by atoms with Crippen LogP contribution in [0.1, 0.15) is 23.7 Å². The minimum Gasteiger partial charge on any atom is -0.372 e. The van der Waals surface area contributed by atoms with Crippen molar-refractivity contribution in [3.8, 4) is 0 Å². The molecule has 0 saturated heterocycles. The highest BCUT2D eigenvalue weighted by Crippen LogP contribution is 2.25. The van der Waals surface area contributed by atoms with Gasteiger partial charge in [0.1, 0.15) is 0 Å². The Kier molecular flexibility index (Phi) is 3.49. The molecule has 1 aliphatic heterocycles. The van der Waals surface area contributed by atoms with Crippen LogP contribution in [-0.4, -0.2) is 28.9 Å². The number of amidine groups is 1. The van der Waals surface area contributed by atoms with Crippen molar-refractivity contribution in [1.29, 1.82) is 0 Å². The van der Waals surface area contributed by atoms with Gasteiger partial charge in [-0.1, -0.05) is 12.1 Å². The van der Waals surface area contributed by atoms with Crippen LogP contribution in [0.25, 0.3) is 0 Å². The van der Waals surface area contributed by atoms with Gasteiger partial charge in [0.05, 0.1) is 18.3 Å². The highest BCUT2D eigenvalue weighted by atomic mass is 15.1. The Morgan fingerprint density at radius 3 is 2.16 bits per heavy atom. The van der Waals surface area contributed by atoms with Crippen molar-refractivity contribution in [2.45, 2.75) is 12.3 Å². The number of pyridine rings is 2. The quantitative estimate of drug-likeness (QED) is 0.905. The fourth-order valence-electron chi connectivity index (χ4n) is 2.30. The summed E-state index contributed by atoms with van der Waals surface area (Å²) in [6.45, 7) is 1.80. The van der Waals surface area contributed by atoms with Crippen molar-refractivity contribution in [2.24, 2.45) is 4.99 Å². The lowest BCUT2D eigenvalue weighted by atomic mass is 9.95. The first-order chi connectivity index (χ1) is 9.43. The Labute approximate surface area is 112 Å². The van der Waals surface area contributed by atoms with Gasteiger partial charge in [0.15, 0.2) is 0 Å². The molecular formula is C15H16N4. The summed E-state index contributed by atoms with van der Waals surface area (Å²) in [7, 11) is 0. The van der Waals surface area contributed by atoms with Crippen LogP contribution < -0.4 is 5.32 Å². The SMILES string of the molecule is c1ccc(C(CC2=NCCN2)c2ccccn2)nc1. The maximum Gasteiger partial charge on any atom is 0.0975 e. The normalized spacial score (nSPS) is 14.3. The highest BCUT2D eigenvalue weighted by Gasteiger charge is 2.20. The number of hydrogen-bond acceptors (Lipinski definition) is 4. The molecule has 3 heterocycles. The molecule has 0 amide bonds. The molecule has 4 heteroatoms.